The van der Waals surface area contributed by atoms with E-state index < -0.39 is 29.9 Å². The van der Waals surface area contributed by atoms with Crippen molar-refractivity contribution in [3.8, 4) is 0 Å². The number of benzene rings is 1. The molecule has 2 saturated heterocycles. The quantitative estimate of drug-likeness (QED) is 0.673. The van der Waals surface area contributed by atoms with Crippen LogP contribution in [-0.4, -0.2) is 78.2 Å². The van der Waals surface area contributed by atoms with Gasteiger partial charge in [-0.2, -0.15) is 13.2 Å². The topological polar surface area (TPSA) is 87.1 Å². The molecule has 2 heterocycles. The molecule has 2 aliphatic heterocycles. The Morgan fingerprint density at radius 3 is 2.58 bits per heavy atom. The first-order valence-corrected chi connectivity index (χ1v) is 11.4. The van der Waals surface area contributed by atoms with Crippen molar-refractivity contribution in [2.45, 2.75) is 50.4 Å². The maximum absolute atomic E-state index is 13.1. The third kappa shape index (κ3) is 5.27. The Kier molecular flexibility index (Phi) is 6.59. The number of carbonyl (C=O) groups is 2. The fourth-order valence-electron chi connectivity index (χ4n) is 5.04. The van der Waals surface area contributed by atoms with E-state index in [4.69, 9.17) is 0 Å². The SMILES string of the molecule is O=C([O-])[C@@H](CCN1CCC2(CC2)[C@H](O)C1)N1CCN(c2cccc(C(F)(F)F)c2)CCC1=O. The van der Waals surface area contributed by atoms with E-state index in [2.05, 4.69) is 0 Å². The van der Waals surface area contributed by atoms with Crippen LogP contribution < -0.4 is 10.0 Å². The molecule has 182 valence electrons. The van der Waals surface area contributed by atoms with Crippen molar-refractivity contribution in [1.29, 1.82) is 0 Å². The summed E-state index contributed by atoms with van der Waals surface area (Å²) in [6.07, 6.45) is -1.73. The van der Waals surface area contributed by atoms with Crippen LogP contribution >= 0.6 is 0 Å². The largest absolute Gasteiger partial charge is 0.548 e. The molecule has 1 aromatic carbocycles. The standard InChI is InChI=1S/C23H30F3N3O4/c24-23(25,26)16-2-1-3-17(14-16)28-10-5-20(31)29(13-12-28)18(21(32)33)4-9-27-11-8-22(6-7-22)19(30)15-27/h1-3,14,18-19,30H,4-13,15H2,(H,32,33)/p-1/t18-,19-/m1/s1. The molecule has 3 aliphatic rings. The number of β-amino-alcohol motifs (C(OH)–C–C–N with tert-alkyl or cyclic N) is 1. The second kappa shape index (κ2) is 9.13. The summed E-state index contributed by atoms with van der Waals surface area (Å²) in [5, 5.41) is 22.3. The van der Waals surface area contributed by atoms with Gasteiger partial charge in [0.15, 0.2) is 0 Å². The lowest BCUT2D eigenvalue weighted by Gasteiger charge is -2.38. The number of hydrogen-bond donors (Lipinski definition) is 1. The number of aliphatic hydroxyl groups is 1. The van der Waals surface area contributed by atoms with E-state index in [0.717, 1.165) is 37.9 Å². The lowest BCUT2D eigenvalue weighted by molar-refractivity contribution is -0.311. The van der Waals surface area contributed by atoms with Gasteiger partial charge in [0, 0.05) is 44.8 Å². The average molecular weight is 468 g/mol. The molecule has 1 saturated carbocycles. The molecule has 0 bridgehead atoms. The number of piperidine rings is 1. The van der Waals surface area contributed by atoms with E-state index in [9.17, 15) is 33.0 Å². The third-order valence-corrected chi connectivity index (χ3v) is 7.39. The smallest absolute Gasteiger partial charge is 0.416 e. The Morgan fingerprint density at radius 2 is 1.94 bits per heavy atom. The minimum absolute atomic E-state index is 0.00493. The Bertz CT molecular complexity index is 890. The number of likely N-dealkylation sites (tertiary alicyclic amines) is 1. The van der Waals surface area contributed by atoms with Gasteiger partial charge in [-0.25, -0.2) is 0 Å². The highest BCUT2D eigenvalue weighted by atomic mass is 19.4. The molecule has 1 N–H and O–H groups in total. The number of rotatable bonds is 6. The van der Waals surface area contributed by atoms with Crippen molar-refractivity contribution < 1.29 is 33.0 Å². The molecule has 1 spiro atoms. The van der Waals surface area contributed by atoms with Crippen LogP contribution in [-0.2, 0) is 15.8 Å². The van der Waals surface area contributed by atoms with Crippen LogP contribution in [0.3, 0.4) is 0 Å². The normalized spacial score (nSPS) is 24.6. The maximum atomic E-state index is 13.1. The second-order valence-corrected chi connectivity index (χ2v) is 9.42. The molecule has 2 atom stereocenters. The van der Waals surface area contributed by atoms with Gasteiger partial charge in [0.25, 0.3) is 0 Å². The van der Waals surface area contributed by atoms with Gasteiger partial charge in [-0.15, -0.1) is 0 Å². The third-order valence-electron chi connectivity index (χ3n) is 7.39. The lowest BCUT2D eigenvalue weighted by Crippen LogP contribution is -2.53. The molecular weight excluding hydrogens is 439 g/mol. The number of aliphatic carboxylic acids is 1. The zero-order chi connectivity index (χ0) is 23.8. The molecule has 7 nitrogen and oxygen atoms in total. The number of carbonyl (C=O) groups excluding carboxylic acids is 2. The molecule has 1 aliphatic carbocycles. The summed E-state index contributed by atoms with van der Waals surface area (Å²) in [5.74, 6) is -1.69. The first-order valence-electron chi connectivity index (χ1n) is 11.4. The molecule has 3 fully saturated rings. The van der Waals surface area contributed by atoms with E-state index in [-0.39, 0.29) is 43.8 Å². The van der Waals surface area contributed by atoms with Crippen molar-refractivity contribution in [3.63, 3.8) is 0 Å². The van der Waals surface area contributed by atoms with Crippen LogP contribution in [0, 0.1) is 5.41 Å². The number of aliphatic hydroxyl groups excluding tert-OH is 1. The molecule has 10 heteroatoms. The van der Waals surface area contributed by atoms with Gasteiger partial charge in [0.2, 0.25) is 5.91 Å². The molecular formula is C23H29F3N3O4-. The first kappa shape index (κ1) is 23.8. The predicted molar refractivity (Wildman–Crippen MR) is 112 cm³/mol. The average Bonchev–Trinajstić information content (AvgIpc) is 3.56. The fourth-order valence-corrected chi connectivity index (χ4v) is 5.04. The Hall–Kier alpha value is -2.33. The van der Waals surface area contributed by atoms with Crippen LogP contribution in [0.2, 0.25) is 0 Å². The first-order chi connectivity index (χ1) is 15.6. The van der Waals surface area contributed by atoms with Crippen LogP contribution in [0.5, 0.6) is 0 Å². The van der Waals surface area contributed by atoms with Gasteiger partial charge < -0.3 is 29.7 Å². The summed E-state index contributed by atoms with van der Waals surface area (Å²) in [6, 6.07) is 3.80. The van der Waals surface area contributed by atoms with E-state index in [1.54, 1.807) is 11.0 Å². The van der Waals surface area contributed by atoms with Gasteiger partial charge in [-0.05, 0) is 55.8 Å². The maximum Gasteiger partial charge on any atom is 0.416 e. The highest BCUT2D eigenvalue weighted by Crippen LogP contribution is 2.53. The van der Waals surface area contributed by atoms with E-state index >= 15 is 0 Å². The molecule has 0 aromatic heterocycles. The summed E-state index contributed by atoms with van der Waals surface area (Å²) in [5.41, 5.74) is -0.366. The van der Waals surface area contributed by atoms with Crippen molar-refractivity contribution >= 4 is 17.6 Å². The van der Waals surface area contributed by atoms with Crippen LogP contribution in [0.25, 0.3) is 0 Å². The zero-order valence-corrected chi connectivity index (χ0v) is 18.4. The van der Waals surface area contributed by atoms with E-state index in [1.165, 1.54) is 11.0 Å². The fraction of sp³-hybridized carbons (Fsp3) is 0.652. The second-order valence-electron chi connectivity index (χ2n) is 9.42. The van der Waals surface area contributed by atoms with Crippen molar-refractivity contribution in [2.75, 3.05) is 44.2 Å². The van der Waals surface area contributed by atoms with Crippen molar-refractivity contribution in [1.82, 2.24) is 9.80 Å². The van der Waals surface area contributed by atoms with Gasteiger partial charge >= 0.3 is 6.18 Å². The lowest BCUT2D eigenvalue weighted by atomic mass is 9.90. The zero-order valence-electron chi connectivity index (χ0n) is 18.4. The number of alkyl halides is 3. The van der Waals surface area contributed by atoms with Gasteiger partial charge in [0.1, 0.15) is 0 Å². The summed E-state index contributed by atoms with van der Waals surface area (Å²) in [6.45, 7) is 2.22. The Labute approximate surface area is 190 Å². The number of amides is 1. The molecule has 4 rings (SSSR count). The summed E-state index contributed by atoms with van der Waals surface area (Å²) < 4.78 is 39.2. The molecule has 33 heavy (non-hydrogen) atoms. The summed E-state index contributed by atoms with van der Waals surface area (Å²) in [7, 11) is 0. The van der Waals surface area contributed by atoms with E-state index in [0.29, 0.717) is 18.8 Å². The molecule has 0 unspecified atom stereocenters. The number of anilines is 1. The number of hydrogen-bond acceptors (Lipinski definition) is 6. The van der Waals surface area contributed by atoms with Gasteiger partial charge in [-0.1, -0.05) is 6.07 Å². The minimum atomic E-state index is -4.47. The summed E-state index contributed by atoms with van der Waals surface area (Å²) in [4.78, 5) is 29.6. The summed E-state index contributed by atoms with van der Waals surface area (Å²) >= 11 is 0. The van der Waals surface area contributed by atoms with Gasteiger partial charge in [0.05, 0.1) is 23.7 Å². The number of nitrogens with zero attached hydrogens (tertiary/aromatic N) is 3. The van der Waals surface area contributed by atoms with Crippen molar-refractivity contribution in [2.24, 2.45) is 5.41 Å². The predicted octanol–water partition coefficient (Wildman–Crippen LogP) is 1.10. The molecule has 1 aromatic rings. The number of carboxylic acid groups (broad SMARTS) is 1. The Balaban J connectivity index is 1.39. The monoisotopic (exact) mass is 468 g/mol. The Morgan fingerprint density at radius 1 is 1.18 bits per heavy atom. The highest BCUT2D eigenvalue weighted by molar-refractivity contribution is 5.83. The van der Waals surface area contributed by atoms with Crippen LogP contribution in [0.4, 0.5) is 18.9 Å². The molecule has 0 radical (unpaired) electrons. The number of carboxylic acids is 1. The van der Waals surface area contributed by atoms with Crippen LogP contribution in [0.15, 0.2) is 24.3 Å². The highest BCUT2D eigenvalue weighted by Gasteiger charge is 2.51. The van der Waals surface area contributed by atoms with Crippen molar-refractivity contribution in [3.05, 3.63) is 29.8 Å². The van der Waals surface area contributed by atoms with Gasteiger partial charge in [-0.3, -0.25) is 4.79 Å². The minimum Gasteiger partial charge on any atom is -0.548 e. The van der Waals surface area contributed by atoms with E-state index in [1.807, 2.05) is 4.90 Å². The number of halogens is 3. The van der Waals surface area contributed by atoms with Crippen LogP contribution in [0.1, 0.15) is 37.7 Å². The molecule has 1 amide bonds.